The third-order valence-corrected chi connectivity index (χ3v) is 5.95. The molecule has 1 aliphatic heterocycles. The van der Waals surface area contributed by atoms with Crippen LogP contribution in [0.1, 0.15) is 31.2 Å². The van der Waals surface area contributed by atoms with E-state index in [9.17, 15) is 4.79 Å². The van der Waals surface area contributed by atoms with Crippen molar-refractivity contribution in [3.05, 3.63) is 41.0 Å². The summed E-state index contributed by atoms with van der Waals surface area (Å²) in [5.74, 6) is 1.20. The van der Waals surface area contributed by atoms with Gasteiger partial charge >= 0.3 is 6.03 Å². The van der Waals surface area contributed by atoms with Crippen LogP contribution in [0.3, 0.4) is 0 Å². The third-order valence-electron chi connectivity index (χ3n) is 5.63. The normalized spacial score (nSPS) is 21.8. The van der Waals surface area contributed by atoms with Gasteiger partial charge in [0.25, 0.3) is 0 Å². The Labute approximate surface area is 169 Å². The highest BCUT2D eigenvalue weighted by Gasteiger charge is 2.29. The van der Waals surface area contributed by atoms with E-state index in [1.165, 1.54) is 0 Å². The maximum Gasteiger partial charge on any atom is 0.327 e. The fourth-order valence-electron chi connectivity index (χ4n) is 3.90. The average molecular weight is 402 g/mol. The van der Waals surface area contributed by atoms with E-state index in [0.717, 1.165) is 31.2 Å². The van der Waals surface area contributed by atoms with Crippen molar-refractivity contribution < 1.29 is 9.53 Å². The highest BCUT2D eigenvalue weighted by molar-refractivity contribution is 6.34. The van der Waals surface area contributed by atoms with Crippen LogP contribution >= 0.6 is 11.6 Å². The summed E-state index contributed by atoms with van der Waals surface area (Å²) in [5.41, 5.74) is 1.53. The van der Waals surface area contributed by atoms with Crippen molar-refractivity contribution in [1.29, 1.82) is 0 Å². The number of carbonyl (C=O) groups is 1. The smallest absolute Gasteiger partial charge is 0.327 e. The van der Waals surface area contributed by atoms with E-state index >= 15 is 0 Å². The summed E-state index contributed by atoms with van der Waals surface area (Å²) in [7, 11) is 3.79. The topological polar surface area (TPSA) is 70.6 Å². The molecule has 1 fully saturated rings. The average Bonchev–Trinajstić information content (AvgIpc) is 2.73. The summed E-state index contributed by atoms with van der Waals surface area (Å²) in [4.78, 5) is 25.5. The molecule has 8 heteroatoms. The van der Waals surface area contributed by atoms with Crippen LogP contribution in [0.15, 0.2) is 30.5 Å². The lowest BCUT2D eigenvalue weighted by atomic mass is 9.92. The molecule has 0 spiro atoms. The van der Waals surface area contributed by atoms with E-state index in [2.05, 4.69) is 20.2 Å². The lowest BCUT2D eigenvalue weighted by Crippen LogP contribution is -2.41. The lowest BCUT2D eigenvalue weighted by molar-refractivity contribution is 0.0659. The molecule has 1 aliphatic carbocycles. The molecule has 0 bridgehead atoms. The zero-order valence-corrected chi connectivity index (χ0v) is 16.8. The quantitative estimate of drug-likeness (QED) is 0.835. The van der Waals surface area contributed by atoms with Crippen LogP contribution in [-0.2, 0) is 11.3 Å². The van der Waals surface area contributed by atoms with Crippen molar-refractivity contribution >= 4 is 35.1 Å². The van der Waals surface area contributed by atoms with Gasteiger partial charge in [-0.25, -0.2) is 9.78 Å². The number of aromatic nitrogens is 2. The van der Waals surface area contributed by atoms with Crippen molar-refractivity contribution in [2.45, 2.75) is 44.4 Å². The van der Waals surface area contributed by atoms with Gasteiger partial charge < -0.3 is 9.64 Å². The SMILES string of the molecule is CO[C@H]1CC[C@H](N(C)c2ncc3c(n2)NC(=O)N(c2ccccc2Cl)C3)CC1. The van der Waals surface area contributed by atoms with Gasteiger partial charge in [0.15, 0.2) is 0 Å². The van der Waals surface area contributed by atoms with Gasteiger partial charge in [-0.15, -0.1) is 0 Å². The van der Waals surface area contributed by atoms with Crippen molar-refractivity contribution in [2.24, 2.45) is 0 Å². The van der Waals surface area contributed by atoms with Crippen LogP contribution < -0.4 is 15.1 Å². The van der Waals surface area contributed by atoms with Crippen molar-refractivity contribution in [2.75, 3.05) is 29.3 Å². The molecule has 0 radical (unpaired) electrons. The maximum absolute atomic E-state index is 12.6. The number of amides is 2. The number of halogens is 1. The lowest BCUT2D eigenvalue weighted by Gasteiger charge is -2.35. The Hall–Kier alpha value is -2.38. The summed E-state index contributed by atoms with van der Waals surface area (Å²) < 4.78 is 5.45. The number of carbonyl (C=O) groups excluding carboxylic acids is 1. The van der Waals surface area contributed by atoms with Gasteiger partial charge in [-0.05, 0) is 37.8 Å². The fraction of sp³-hybridized carbons (Fsp3) is 0.450. The van der Waals surface area contributed by atoms with Crippen LogP contribution in [0.2, 0.25) is 5.02 Å². The molecular formula is C20H24ClN5O2. The number of para-hydroxylation sites is 1. The minimum absolute atomic E-state index is 0.242. The number of rotatable bonds is 4. The first kappa shape index (κ1) is 19.0. The molecule has 2 aromatic rings. The Morgan fingerprint density at radius 3 is 2.71 bits per heavy atom. The van der Waals surface area contributed by atoms with Crippen LogP contribution in [0.25, 0.3) is 0 Å². The van der Waals surface area contributed by atoms with Gasteiger partial charge in [0, 0.05) is 32.0 Å². The van der Waals surface area contributed by atoms with Gasteiger partial charge in [-0.3, -0.25) is 10.2 Å². The molecule has 148 valence electrons. The molecule has 1 N–H and O–H groups in total. The summed E-state index contributed by atoms with van der Waals surface area (Å²) in [6.07, 6.45) is 6.31. The molecule has 7 nitrogen and oxygen atoms in total. The first-order valence-corrected chi connectivity index (χ1v) is 9.89. The van der Waals surface area contributed by atoms with Gasteiger partial charge in [0.2, 0.25) is 5.95 Å². The van der Waals surface area contributed by atoms with Gasteiger partial charge in [-0.2, -0.15) is 4.98 Å². The van der Waals surface area contributed by atoms with Crippen LogP contribution in [0.5, 0.6) is 0 Å². The largest absolute Gasteiger partial charge is 0.381 e. The monoisotopic (exact) mass is 401 g/mol. The third kappa shape index (κ3) is 3.64. The zero-order chi connectivity index (χ0) is 19.7. The minimum Gasteiger partial charge on any atom is -0.381 e. The van der Waals surface area contributed by atoms with E-state index in [0.29, 0.717) is 41.2 Å². The van der Waals surface area contributed by atoms with Gasteiger partial charge in [0.1, 0.15) is 5.82 Å². The van der Waals surface area contributed by atoms with E-state index < -0.39 is 0 Å². The molecular weight excluding hydrogens is 378 g/mol. The van der Waals surface area contributed by atoms with Crippen LogP contribution in [0, 0.1) is 0 Å². The minimum atomic E-state index is -0.242. The molecule has 28 heavy (non-hydrogen) atoms. The Morgan fingerprint density at radius 1 is 1.25 bits per heavy atom. The summed E-state index contributed by atoms with van der Waals surface area (Å²) in [6, 6.07) is 7.43. The Kier molecular flexibility index (Phi) is 5.37. The summed E-state index contributed by atoms with van der Waals surface area (Å²) >= 11 is 6.25. The Morgan fingerprint density at radius 2 is 2.00 bits per heavy atom. The maximum atomic E-state index is 12.6. The van der Waals surface area contributed by atoms with Crippen LogP contribution in [-0.4, -0.2) is 42.3 Å². The second kappa shape index (κ2) is 7.93. The number of methoxy groups -OCH3 is 1. The van der Waals surface area contributed by atoms with E-state index in [1.54, 1.807) is 24.3 Å². The summed E-state index contributed by atoms with van der Waals surface area (Å²) in [6.45, 7) is 0.383. The van der Waals surface area contributed by atoms with E-state index in [-0.39, 0.29) is 6.03 Å². The standard InChI is InChI=1S/C20H24ClN5O2/c1-25(14-7-9-15(28-2)10-8-14)19-22-11-13-12-26(20(27)24-18(13)23-19)17-6-4-3-5-16(17)21/h3-6,11,14-15H,7-10,12H2,1-2H3,(H,22,23,24,27)/t14-,15-. The first-order chi connectivity index (χ1) is 13.6. The summed E-state index contributed by atoms with van der Waals surface area (Å²) in [5, 5.41) is 3.41. The predicted molar refractivity (Wildman–Crippen MR) is 110 cm³/mol. The van der Waals surface area contributed by atoms with Gasteiger partial charge in [-0.1, -0.05) is 23.7 Å². The number of urea groups is 1. The molecule has 1 aromatic heterocycles. The number of benzene rings is 1. The second-order valence-corrected chi connectivity index (χ2v) is 7.70. The molecule has 0 saturated heterocycles. The zero-order valence-electron chi connectivity index (χ0n) is 16.1. The van der Waals surface area contributed by atoms with Crippen LogP contribution in [0.4, 0.5) is 22.2 Å². The second-order valence-electron chi connectivity index (χ2n) is 7.29. The molecule has 2 aliphatic rings. The number of anilines is 3. The van der Waals surface area contributed by atoms with E-state index in [4.69, 9.17) is 16.3 Å². The molecule has 4 rings (SSSR count). The van der Waals surface area contributed by atoms with Crippen molar-refractivity contribution in [1.82, 2.24) is 9.97 Å². The Balaban J connectivity index is 1.52. The molecule has 2 heterocycles. The van der Waals surface area contributed by atoms with Crippen molar-refractivity contribution in [3.8, 4) is 0 Å². The number of nitrogens with zero attached hydrogens (tertiary/aromatic N) is 4. The fourth-order valence-corrected chi connectivity index (χ4v) is 4.14. The number of fused-ring (bicyclic) bond motifs is 1. The first-order valence-electron chi connectivity index (χ1n) is 9.51. The number of hydrogen-bond acceptors (Lipinski definition) is 5. The molecule has 0 unspecified atom stereocenters. The van der Waals surface area contributed by atoms with E-state index in [1.807, 2.05) is 25.2 Å². The molecule has 1 aromatic carbocycles. The van der Waals surface area contributed by atoms with Crippen molar-refractivity contribution in [3.63, 3.8) is 0 Å². The highest BCUT2D eigenvalue weighted by Crippen LogP contribution is 2.32. The molecule has 1 saturated carbocycles. The molecule has 2 amide bonds. The number of nitrogens with one attached hydrogen (secondary N) is 1. The highest BCUT2D eigenvalue weighted by atomic mass is 35.5. The number of ether oxygens (including phenoxy) is 1. The van der Waals surface area contributed by atoms with Gasteiger partial charge in [0.05, 0.1) is 23.4 Å². The molecule has 0 atom stereocenters. The predicted octanol–water partition coefficient (Wildman–Crippen LogP) is 4.08. The Bertz CT molecular complexity index is 869. The number of hydrogen-bond donors (Lipinski definition) is 1.